The lowest BCUT2D eigenvalue weighted by molar-refractivity contribution is 0.622. The molecule has 1 nitrogen and oxygen atoms in total. The Hall–Kier alpha value is -2.32. The van der Waals surface area contributed by atoms with Crippen LogP contribution in [0.5, 0.6) is 0 Å². The number of hydrogen-bond acceptors (Lipinski definition) is 1. The summed E-state index contributed by atoms with van der Waals surface area (Å²) in [5, 5.41) is 4.04. The molecule has 2 aromatic rings. The summed E-state index contributed by atoms with van der Waals surface area (Å²) < 4.78 is 14.7. The summed E-state index contributed by atoms with van der Waals surface area (Å²) in [4.78, 5) is 0. The second-order valence-corrected chi connectivity index (χ2v) is 8.14. The van der Waals surface area contributed by atoms with Crippen molar-refractivity contribution in [3.05, 3.63) is 82.2 Å². The summed E-state index contributed by atoms with van der Waals surface area (Å²) in [7, 11) is 0. The Bertz CT molecular complexity index is 969. The Morgan fingerprint density at radius 2 is 1.59 bits per heavy atom. The van der Waals surface area contributed by atoms with Crippen LogP contribution < -0.4 is 5.32 Å². The van der Waals surface area contributed by atoms with E-state index >= 15 is 0 Å². The largest absolute Gasteiger partial charge is 0.355 e. The van der Waals surface area contributed by atoms with Crippen LogP contribution in [0.2, 0.25) is 5.02 Å². The standard InChI is InChI=1S/C26H31ClFN.C3H8/c1-7-11-20(10-4)22-13-12-21(16-24(22)28)18(6)29-25-15-14-23(19(8-2)9-3)26(27)17(25)5;1-3-2/h8,11-16,29H,6-7,9-10H2,1-5H3;3H2,1-2H3/b19-8+,20-11+;. The molecule has 174 valence electrons. The highest BCUT2D eigenvalue weighted by atomic mass is 35.5. The van der Waals surface area contributed by atoms with E-state index in [9.17, 15) is 4.39 Å². The van der Waals surface area contributed by atoms with Gasteiger partial charge in [0.15, 0.2) is 0 Å². The van der Waals surface area contributed by atoms with Crippen LogP contribution in [-0.4, -0.2) is 0 Å². The molecule has 0 radical (unpaired) electrons. The van der Waals surface area contributed by atoms with Gasteiger partial charge in [0.25, 0.3) is 0 Å². The topological polar surface area (TPSA) is 12.0 Å². The molecule has 0 saturated carbocycles. The zero-order valence-corrected chi connectivity index (χ0v) is 21.6. The van der Waals surface area contributed by atoms with Crippen LogP contribution in [-0.2, 0) is 0 Å². The number of benzene rings is 2. The van der Waals surface area contributed by atoms with E-state index < -0.39 is 0 Å². The van der Waals surface area contributed by atoms with Gasteiger partial charge in [-0.05, 0) is 67.5 Å². The maximum atomic E-state index is 14.7. The molecular formula is C29H39ClFN. The molecule has 0 bridgehead atoms. The fourth-order valence-corrected chi connectivity index (χ4v) is 3.79. The van der Waals surface area contributed by atoms with Crippen LogP contribution in [0, 0.1) is 12.7 Å². The fraction of sp³-hybridized carbons (Fsp3) is 0.379. The van der Waals surface area contributed by atoms with E-state index in [0.717, 1.165) is 52.2 Å². The van der Waals surface area contributed by atoms with Crippen molar-refractivity contribution in [2.24, 2.45) is 0 Å². The van der Waals surface area contributed by atoms with E-state index in [1.54, 1.807) is 6.07 Å². The molecule has 0 atom stereocenters. The van der Waals surface area contributed by atoms with Crippen LogP contribution in [0.3, 0.4) is 0 Å². The summed E-state index contributed by atoms with van der Waals surface area (Å²) in [6.07, 6.45) is 8.04. The van der Waals surface area contributed by atoms with Crippen molar-refractivity contribution >= 4 is 34.1 Å². The quantitative estimate of drug-likeness (QED) is 0.417. The van der Waals surface area contributed by atoms with Gasteiger partial charge in [-0.25, -0.2) is 4.39 Å². The smallest absolute Gasteiger partial charge is 0.131 e. The minimum Gasteiger partial charge on any atom is -0.355 e. The van der Waals surface area contributed by atoms with Crippen LogP contribution in [0.25, 0.3) is 16.8 Å². The molecule has 32 heavy (non-hydrogen) atoms. The Kier molecular flexibility index (Phi) is 12.1. The van der Waals surface area contributed by atoms with E-state index in [4.69, 9.17) is 11.6 Å². The van der Waals surface area contributed by atoms with E-state index in [-0.39, 0.29) is 5.82 Å². The Labute approximate surface area is 200 Å². The third kappa shape index (κ3) is 7.10. The zero-order valence-electron chi connectivity index (χ0n) is 20.8. The van der Waals surface area contributed by atoms with Gasteiger partial charge in [0.1, 0.15) is 5.82 Å². The van der Waals surface area contributed by atoms with Gasteiger partial charge in [-0.2, -0.15) is 0 Å². The molecule has 0 aliphatic rings. The molecule has 0 amide bonds. The van der Waals surface area contributed by atoms with Crippen LogP contribution in [0.4, 0.5) is 10.1 Å². The van der Waals surface area contributed by atoms with E-state index in [1.807, 2.05) is 45.0 Å². The second kappa shape index (κ2) is 14.0. The maximum absolute atomic E-state index is 14.7. The number of rotatable bonds is 8. The van der Waals surface area contributed by atoms with E-state index in [0.29, 0.717) is 11.3 Å². The van der Waals surface area contributed by atoms with Crippen molar-refractivity contribution in [1.29, 1.82) is 0 Å². The van der Waals surface area contributed by atoms with Crippen molar-refractivity contribution in [2.45, 2.75) is 74.1 Å². The van der Waals surface area contributed by atoms with Crippen LogP contribution in [0.1, 0.15) is 89.5 Å². The molecule has 0 unspecified atom stereocenters. The first kappa shape index (κ1) is 27.7. The minimum atomic E-state index is -0.224. The number of anilines is 1. The van der Waals surface area contributed by atoms with Gasteiger partial charge in [0.05, 0.1) is 5.02 Å². The predicted molar refractivity (Wildman–Crippen MR) is 144 cm³/mol. The molecule has 2 rings (SSSR count). The summed E-state index contributed by atoms with van der Waals surface area (Å²) in [6.45, 7) is 18.6. The van der Waals surface area contributed by atoms with E-state index in [2.05, 4.69) is 51.7 Å². The summed E-state index contributed by atoms with van der Waals surface area (Å²) >= 11 is 6.63. The molecular weight excluding hydrogens is 417 g/mol. The SMILES string of the molecule is C=C(Nc1ccc(/C(=C/C)CC)c(Cl)c1C)c1ccc(/C(=C/CC)CC)c(F)c1.CCC. The first-order valence-corrected chi connectivity index (χ1v) is 12.1. The Balaban J connectivity index is 0.00000161. The second-order valence-electron chi connectivity index (χ2n) is 7.76. The monoisotopic (exact) mass is 455 g/mol. The molecule has 0 aromatic heterocycles. The molecule has 0 aliphatic heterocycles. The minimum absolute atomic E-state index is 0.224. The zero-order chi connectivity index (χ0) is 24.3. The van der Waals surface area contributed by atoms with Crippen LogP contribution in [0.15, 0.2) is 49.1 Å². The molecule has 0 aliphatic carbocycles. The van der Waals surface area contributed by atoms with Gasteiger partial charge in [0.2, 0.25) is 0 Å². The van der Waals surface area contributed by atoms with Crippen molar-refractivity contribution in [1.82, 2.24) is 0 Å². The van der Waals surface area contributed by atoms with Crippen molar-refractivity contribution < 1.29 is 4.39 Å². The Morgan fingerprint density at radius 3 is 2.09 bits per heavy atom. The maximum Gasteiger partial charge on any atom is 0.131 e. The third-order valence-corrected chi connectivity index (χ3v) is 5.73. The fourth-order valence-electron chi connectivity index (χ4n) is 3.51. The molecule has 1 N–H and O–H groups in total. The van der Waals surface area contributed by atoms with Crippen molar-refractivity contribution in [2.75, 3.05) is 5.32 Å². The van der Waals surface area contributed by atoms with Gasteiger partial charge in [-0.1, -0.05) is 89.6 Å². The summed E-state index contributed by atoms with van der Waals surface area (Å²) in [6, 6.07) is 9.32. The Morgan fingerprint density at radius 1 is 1.00 bits per heavy atom. The first-order chi connectivity index (χ1) is 15.3. The van der Waals surface area contributed by atoms with Gasteiger partial charge >= 0.3 is 0 Å². The number of hydrogen-bond donors (Lipinski definition) is 1. The van der Waals surface area contributed by atoms with Crippen molar-refractivity contribution in [3.63, 3.8) is 0 Å². The highest BCUT2D eigenvalue weighted by molar-refractivity contribution is 6.33. The average Bonchev–Trinajstić information content (AvgIpc) is 2.78. The van der Waals surface area contributed by atoms with Gasteiger partial charge in [0, 0.05) is 22.5 Å². The highest BCUT2D eigenvalue weighted by Crippen LogP contribution is 2.34. The van der Waals surface area contributed by atoms with Gasteiger partial charge in [-0.3, -0.25) is 0 Å². The lowest BCUT2D eigenvalue weighted by atomic mass is 9.98. The summed E-state index contributed by atoms with van der Waals surface area (Å²) in [5.41, 5.74) is 7.15. The lowest BCUT2D eigenvalue weighted by Gasteiger charge is -2.17. The number of halogens is 2. The highest BCUT2D eigenvalue weighted by Gasteiger charge is 2.13. The molecule has 0 heterocycles. The molecule has 2 aromatic carbocycles. The first-order valence-electron chi connectivity index (χ1n) is 11.7. The van der Waals surface area contributed by atoms with Gasteiger partial charge < -0.3 is 5.32 Å². The lowest BCUT2D eigenvalue weighted by Crippen LogP contribution is -2.02. The summed E-state index contributed by atoms with van der Waals surface area (Å²) in [5.74, 6) is -0.224. The average molecular weight is 456 g/mol. The third-order valence-electron chi connectivity index (χ3n) is 5.24. The number of allylic oxidation sites excluding steroid dienone is 4. The molecule has 0 spiro atoms. The number of nitrogens with one attached hydrogen (secondary N) is 1. The predicted octanol–water partition coefficient (Wildman–Crippen LogP) is 10.3. The van der Waals surface area contributed by atoms with Crippen LogP contribution >= 0.6 is 11.6 Å². The van der Waals surface area contributed by atoms with Crippen molar-refractivity contribution in [3.8, 4) is 0 Å². The van der Waals surface area contributed by atoms with E-state index in [1.165, 1.54) is 12.0 Å². The molecule has 0 saturated heterocycles. The van der Waals surface area contributed by atoms with Gasteiger partial charge in [-0.15, -0.1) is 0 Å². The molecule has 3 heteroatoms. The molecule has 0 fully saturated rings. The normalized spacial score (nSPS) is 11.7.